The minimum atomic E-state index is -0.113. The second kappa shape index (κ2) is 6.89. The highest BCUT2D eigenvalue weighted by Gasteiger charge is 2.24. The molecule has 0 aromatic heterocycles. The molecule has 1 fully saturated rings. The normalized spacial score (nSPS) is 27.6. The van der Waals surface area contributed by atoms with Crippen molar-refractivity contribution in [2.75, 3.05) is 0 Å². The summed E-state index contributed by atoms with van der Waals surface area (Å²) >= 11 is 0. The van der Waals surface area contributed by atoms with Crippen LogP contribution in [0.3, 0.4) is 0 Å². The lowest BCUT2D eigenvalue weighted by atomic mass is 9.85. The SMILES string of the molecule is CCCCC(C)NC1CCC(C(N)=O)CC1. The summed E-state index contributed by atoms with van der Waals surface area (Å²) in [5.41, 5.74) is 5.32. The van der Waals surface area contributed by atoms with Crippen LogP contribution in [0.2, 0.25) is 0 Å². The van der Waals surface area contributed by atoms with Crippen molar-refractivity contribution in [1.82, 2.24) is 5.32 Å². The standard InChI is InChI=1S/C13H26N2O/c1-3-4-5-10(2)15-12-8-6-11(7-9-12)13(14)16/h10-12,15H,3-9H2,1-2H3,(H2,14,16). The first-order valence-electron chi connectivity index (χ1n) is 6.68. The molecule has 0 bridgehead atoms. The molecule has 0 aromatic rings. The molecule has 1 rings (SSSR count). The number of hydrogen-bond donors (Lipinski definition) is 2. The molecule has 1 unspecified atom stereocenters. The molecule has 0 aliphatic heterocycles. The van der Waals surface area contributed by atoms with Crippen molar-refractivity contribution in [3.63, 3.8) is 0 Å². The Morgan fingerprint density at radius 3 is 2.50 bits per heavy atom. The fourth-order valence-electron chi connectivity index (χ4n) is 2.54. The van der Waals surface area contributed by atoms with Crippen LogP contribution in [-0.2, 0) is 4.79 Å². The number of primary amides is 1. The molecule has 3 heteroatoms. The van der Waals surface area contributed by atoms with E-state index in [-0.39, 0.29) is 11.8 Å². The molecule has 16 heavy (non-hydrogen) atoms. The van der Waals surface area contributed by atoms with E-state index in [1.165, 1.54) is 19.3 Å². The first-order chi connectivity index (χ1) is 7.63. The quantitative estimate of drug-likeness (QED) is 0.729. The highest BCUT2D eigenvalue weighted by Crippen LogP contribution is 2.24. The largest absolute Gasteiger partial charge is 0.369 e. The van der Waals surface area contributed by atoms with E-state index in [2.05, 4.69) is 19.2 Å². The molecule has 0 spiro atoms. The highest BCUT2D eigenvalue weighted by atomic mass is 16.1. The average molecular weight is 226 g/mol. The molecule has 1 aliphatic rings. The number of carbonyl (C=O) groups is 1. The van der Waals surface area contributed by atoms with Crippen LogP contribution in [-0.4, -0.2) is 18.0 Å². The molecule has 1 atom stereocenters. The second-order valence-electron chi connectivity index (χ2n) is 5.16. The topological polar surface area (TPSA) is 55.1 Å². The van der Waals surface area contributed by atoms with Gasteiger partial charge in [-0.3, -0.25) is 4.79 Å². The van der Waals surface area contributed by atoms with Crippen LogP contribution in [0.15, 0.2) is 0 Å². The monoisotopic (exact) mass is 226 g/mol. The van der Waals surface area contributed by atoms with E-state index in [0.29, 0.717) is 12.1 Å². The van der Waals surface area contributed by atoms with Gasteiger partial charge in [0.1, 0.15) is 0 Å². The number of amides is 1. The number of rotatable bonds is 6. The zero-order chi connectivity index (χ0) is 12.0. The predicted octanol–water partition coefficient (Wildman–Crippen LogP) is 2.20. The summed E-state index contributed by atoms with van der Waals surface area (Å²) < 4.78 is 0. The predicted molar refractivity (Wildman–Crippen MR) is 67.1 cm³/mol. The Balaban J connectivity index is 2.18. The third kappa shape index (κ3) is 4.52. The molecule has 0 heterocycles. The van der Waals surface area contributed by atoms with Crippen molar-refractivity contribution >= 4 is 5.91 Å². The van der Waals surface area contributed by atoms with Gasteiger partial charge in [-0.2, -0.15) is 0 Å². The highest BCUT2D eigenvalue weighted by molar-refractivity contribution is 5.76. The Morgan fingerprint density at radius 2 is 2.00 bits per heavy atom. The van der Waals surface area contributed by atoms with Gasteiger partial charge in [-0.05, 0) is 39.0 Å². The summed E-state index contributed by atoms with van der Waals surface area (Å²) in [6.07, 6.45) is 7.95. The van der Waals surface area contributed by atoms with Crippen LogP contribution in [0, 0.1) is 5.92 Å². The van der Waals surface area contributed by atoms with Crippen LogP contribution < -0.4 is 11.1 Å². The summed E-state index contributed by atoms with van der Waals surface area (Å²) in [6.45, 7) is 4.49. The van der Waals surface area contributed by atoms with Crippen molar-refractivity contribution in [3.05, 3.63) is 0 Å². The van der Waals surface area contributed by atoms with Gasteiger partial charge in [0, 0.05) is 18.0 Å². The third-order valence-electron chi connectivity index (χ3n) is 3.64. The van der Waals surface area contributed by atoms with Crippen molar-refractivity contribution in [3.8, 4) is 0 Å². The fourth-order valence-corrected chi connectivity index (χ4v) is 2.54. The first kappa shape index (κ1) is 13.5. The lowest BCUT2D eigenvalue weighted by Crippen LogP contribution is -2.40. The first-order valence-corrected chi connectivity index (χ1v) is 6.68. The lowest BCUT2D eigenvalue weighted by molar-refractivity contribution is -0.122. The minimum Gasteiger partial charge on any atom is -0.369 e. The molecular formula is C13H26N2O. The molecule has 1 saturated carbocycles. The zero-order valence-corrected chi connectivity index (χ0v) is 10.7. The van der Waals surface area contributed by atoms with Gasteiger partial charge in [-0.15, -0.1) is 0 Å². The maximum absolute atomic E-state index is 11.0. The summed E-state index contributed by atoms with van der Waals surface area (Å²) in [5, 5.41) is 3.66. The molecule has 0 radical (unpaired) electrons. The van der Waals surface area contributed by atoms with Crippen molar-refractivity contribution < 1.29 is 4.79 Å². The number of unbranched alkanes of at least 4 members (excludes halogenated alkanes) is 1. The van der Waals surface area contributed by atoms with Crippen LogP contribution >= 0.6 is 0 Å². The molecular weight excluding hydrogens is 200 g/mol. The number of nitrogens with two attached hydrogens (primary N) is 1. The summed E-state index contributed by atoms with van der Waals surface area (Å²) in [7, 11) is 0. The lowest BCUT2D eigenvalue weighted by Gasteiger charge is -2.30. The Labute approximate surface area is 99.2 Å². The van der Waals surface area contributed by atoms with E-state index in [0.717, 1.165) is 25.7 Å². The average Bonchev–Trinajstić information content (AvgIpc) is 2.27. The summed E-state index contributed by atoms with van der Waals surface area (Å²) in [4.78, 5) is 11.0. The Bertz CT molecular complexity index is 210. The van der Waals surface area contributed by atoms with Crippen LogP contribution in [0.5, 0.6) is 0 Å². The Morgan fingerprint density at radius 1 is 1.38 bits per heavy atom. The van der Waals surface area contributed by atoms with Crippen molar-refractivity contribution in [2.24, 2.45) is 11.7 Å². The maximum Gasteiger partial charge on any atom is 0.220 e. The van der Waals surface area contributed by atoms with Gasteiger partial charge in [-0.25, -0.2) is 0 Å². The van der Waals surface area contributed by atoms with E-state index in [1.54, 1.807) is 0 Å². The van der Waals surface area contributed by atoms with Crippen LogP contribution in [0.4, 0.5) is 0 Å². The van der Waals surface area contributed by atoms with E-state index >= 15 is 0 Å². The maximum atomic E-state index is 11.0. The fraction of sp³-hybridized carbons (Fsp3) is 0.923. The van der Waals surface area contributed by atoms with Gasteiger partial charge in [0.05, 0.1) is 0 Å². The van der Waals surface area contributed by atoms with Gasteiger partial charge in [0.15, 0.2) is 0 Å². The molecule has 0 aromatic carbocycles. The molecule has 94 valence electrons. The van der Waals surface area contributed by atoms with E-state index in [4.69, 9.17) is 5.73 Å². The minimum absolute atomic E-state index is 0.113. The van der Waals surface area contributed by atoms with Gasteiger partial charge in [-0.1, -0.05) is 19.8 Å². The van der Waals surface area contributed by atoms with E-state index < -0.39 is 0 Å². The van der Waals surface area contributed by atoms with Gasteiger partial charge >= 0.3 is 0 Å². The third-order valence-corrected chi connectivity index (χ3v) is 3.64. The number of nitrogens with one attached hydrogen (secondary N) is 1. The molecule has 3 nitrogen and oxygen atoms in total. The smallest absolute Gasteiger partial charge is 0.220 e. The molecule has 0 saturated heterocycles. The zero-order valence-electron chi connectivity index (χ0n) is 10.7. The van der Waals surface area contributed by atoms with Crippen molar-refractivity contribution in [1.29, 1.82) is 0 Å². The number of carbonyl (C=O) groups excluding carboxylic acids is 1. The Kier molecular flexibility index (Phi) is 5.81. The van der Waals surface area contributed by atoms with Crippen LogP contribution in [0.25, 0.3) is 0 Å². The van der Waals surface area contributed by atoms with Gasteiger partial charge < -0.3 is 11.1 Å². The molecule has 1 aliphatic carbocycles. The van der Waals surface area contributed by atoms with E-state index in [1.807, 2.05) is 0 Å². The Hall–Kier alpha value is -0.570. The van der Waals surface area contributed by atoms with Crippen LogP contribution in [0.1, 0.15) is 58.8 Å². The van der Waals surface area contributed by atoms with Gasteiger partial charge in [0.25, 0.3) is 0 Å². The summed E-state index contributed by atoms with van der Waals surface area (Å²) in [6, 6.07) is 1.21. The van der Waals surface area contributed by atoms with Crippen molar-refractivity contribution in [2.45, 2.75) is 70.9 Å². The molecule has 1 amide bonds. The second-order valence-corrected chi connectivity index (χ2v) is 5.16. The summed E-state index contributed by atoms with van der Waals surface area (Å²) in [5.74, 6) is 0.0153. The van der Waals surface area contributed by atoms with E-state index in [9.17, 15) is 4.79 Å². The van der Waals surface area contributed by atoms with Gasteiger partial charge in [0.2, 0.25) is 5.91 Å². The molecule has 3 N–H and O–H groups in total. The number of hydrogen-bond acceptors (Lipinski definition) is 2.